The fraction of sp³-hybridized carbons (Fsp3) is 0.294. The van der Waals surface area contributed by atoms with Crippen molar-refractivity contribution in [3.63, 3.8) is 0 Å². The van der Waals surface area contributed by atoms with Gasteiger partial charge >= 0.3 is 0 Å². The van der Waals surface area contributed by atoms with Gasteiger partial charge in [0.1, 0.15) is 0 Å². The molecule has 0 spiro atoms. The summed E-state index contributed by atoms with van der Waals surface area (Å²) in [5, 5.41) is 0. The fourth-order valence-electron chi connectivity index (χ4n) is 1.80. The smallest absolute Gasteiger partial charge is 0.213 e. The van der Waals surface area contributed by atoms with Gasteiger partial charge in [-0.2, -0.15) is 0 Å². The minimum Gasteiger partial charge on any atom is -0.481 e. The van der Waals surface area contributed by atoms with Crippen molar-refractivity contribution >= 4 is 12.4 Å². The van der Waals surface area contributed by atoms with Gasteiger partial charge in [0.15, 0.2) is 0 Å². The van der Waals surface area contributed by atoms with Gasteiger partial charge in [-0.3, -0.25) is 9.98 Å². The zero-order valence-corrected chi connectivity index (χ0v) is 13.3. The largest absolute Gasteiger partial charge is 0.481 e. The molecule has 0 aliphatic carbocycles. The van der Waals surface area contributed by atoms with E-state index in [1.54, 1.807) is 38.8 Å². The third kappa shape index (κ3) is 5.86. The molecule has 0 fully saturated rings. The Hall–Kier alpha value is -2.76. The molecule has 2 rings (SSSR count). The second-order valence-electron chi connectivity index (χ2n) is 4.63. The molecular formula is C17H20N4O2. The molecule has 0 N–H and O–H groups in total. The Bertz CT molecular complexity index is 614. The van der Waals surface area contributed by atoms with E-state index in [1.807, 2.05) is 24.3 Å². The first kappa shape index (κ1) is 16.6. The molecule has 0 aliphatic rings. The Morgan fingerprint density at radius 1 is 0.826 bits per heavy atom. The number of methoxy groups -OCH3 is 2. The van der Waals surface area contributed by atoms with Crippen molar-refractivity contribution < 1.29 is 9.47 Å². The van der Waals surface area contributed by atoms with Crippen LogP contribution in [0.25, 0.3) is 0 Å². The van der Waals surface area contributed by atoms with Crippen molar-refractivity contribution in [2.45, 2.75) is 6.42 Å². The molecule has 6 heteroatoms. The van der Waals surface area contributed by atoms with Crippen molar-refractivity contribution in [3.8, 4) is 11.8 Å². The minimum atomic E-state index is 0.587. The number of aliphatic imine (C=N–C) groups is 2. The van der Waals surface area contributed by atoms with Gasteiger partial charge < -0.3 is 9.47 Å². The van der Waals surface area contributed by atoms with Crippen LogP contribution in [0.15, 0.2) is 46.4 Å². The topological polar surface area (TPSA) is 69.0 Å². The molecule has 120 valence electrons. The van der Waals surface area contributed by atoms with Gasteiger partial charge in [0.25, 0.3) is 0 Å². The first-order valence-electron chi connectivity index (χ1n) is 7.33. The molecule has 2 aromatic heterocycles. The van der Waals surface area contributed by atoms with Gasteiger partial charge in [0.2, 0.25) is 11.8 Å². The lowest BCUT2D eigenvalue weighted by Gasteiger charge is -1.99. The fourth-order valence-corrected chi connectivity index (χ4v) is 1.80. The standard InChI is InChI=1S/C17H20N4O2/c1-22-16-8-3-6-14(20-16)12-18-10-5-11-19-13-15-7-4-9-17(21-15)23-2/h3-4,6-9,12-13H,5,10-11H2,1-2H3. The van der Waals surface area contributed by atoms with Gasteiger partial charge in [-0.15, -0.1) is 0 Å². The molecular weight excluding hydrogens is 292 g/mol. The maximum atomic E-state index is 5.07. The summed E-state index contributed by atoms with van der Waals surface area (Å²) in [5.41, 5.74) is 1.57. The Kier molecular flexibility index (Phi) is 6.71. The molecule has 0 atom stereocenters. The number of hydrogen-bond donors (Lipinski definition) is 0. The van der Waals surface area contributed by atoms with Crippen LogP contribution in [0.1, 0.15) is 17.8 Å². The van der Waals surface area contributed by atoms with Crippen molar-refractivity contribution in [3.05, 3.63) is 47.8 Å². The molecule has 2 heterocycles. The Morgan fingerprint density at radius 2 is 1.30 bits per heavy atom. The highest BCUT2D eigenvalue weighted by molar-refractivity contribution is 5.77. The average molecular weight is 312 g/mol. The summed E-state index contributed by atoms with van der Waals surface area (Å²) in [6, 6.07) is 11.2. The molecule has 0 unspecified atom stereocenters. The Morgan fingerprint density at radius 3 is 1.74 bits per heavy atom. The van der Waals surface area contributed by atoms with E-state index in [9.17, 15) is 0 Å². The van der Waals surface area contributed by atoms with Gasteiger partial charge in [-0.1, -0.05) is 12.1 Å². The third-order valence-electron chi connectivity index (χ3n) is 2.93. The van der Waals surface area contributed by atoms with E-state index >= 15 is 0 Å². The molecule has 2 aromatic rings. The molecule has 0 saturated carbocycles. The summed E-state index contributed by atoms with van der Waals surface area (Å²) >= 11 is 0. The van der Waals surface area contributed by atoms with E-state index in [0.717, 1.165) is 17.8 Å². The Balaban J connectivity index is 1.72. The molecule has 6 nitrogen and oxygen atoms in total. The van der Waals surface area contributed by atoms with Crippen molar-refractivity contribution in [1.29, 1.82) is 0 Å². The third-order valence-corrected chi connectivity index (χ3v) is 2.93. The van der Waals surface area contributed by atoms with Crippen LogP contribution in [0, 0.1) is 0 Å². The van der Waals surface area contributed by atoms with Crippen LogP contribution < -0.4 is 9.47 Å². The van der Waals surface area contributed by atoms with Crippen LogP contribution in [-0.2, 0) is 0 Å². The van der Waals surface area contributed by atoms with E-state index in [2.05, 4.69) is 20.0 Å². The van der Waals surface area contributed by atoms with Crippen molar-refractivity contribution in [2.75, 3.05) is 27.3 Å². The van der Waals surface area contributed by atoms with Crippen LogP contribution in [0.3, 0.4) is 0 Å². The van der Waals surface area contributed by atoms with Crippen molar-refractivity contribution in [1.82, 2.24) is 9.97 Å². The van der Waals surface area contributed by atoms with Crippen LogP contribution in [-0.4, -0.2) is 49.7 Å². The van der Waals surface area contributed by atoms with E-state index in [4.69, 9.17) is 9.47 Å². The predicted molar refractivity (Wildman–Crippen MR) is 91.1 cm³/mol. The lowest BCUT2D eigenvalue weighted by Crippen LogP contribution is -1.94. The summed E-state index contributed by atoms with van der Waals surface area (Å²) < 4.78 is 10.1. The normalized spacial score (nSPS) is 11.2. The average Bonchev–Trinajstić information content (AvgIpc) is 2.61. The Labute approximate surface area is 136 Å². The predicted octanol–water partition coefficient (Wildman–Crippen LogP) is 2.42. The number of hydrogen-bond acceptors (Lipinski definition) is 6. The van der Waals surface area contributed by atoms with Crippen LogP contribution >= 0.6 is 0 Å². The summed E-state index contributed by atoms with van der Waals surface area (Å²) in [5.74, 6) is 1.17. The van der Waals surface area contributed by atoms with E-state index in [-0.39, 0.29) is 0 Å². The van der Waals surface area contributed by atoms with Crippen LogP contribution in [0.4, 0.5) is 0 Å². The monoisotopic (exact) mass is 312 g/mol. The minimum absolute atomic E-state index is 0.587. The first-order valence-corrected chi connectivity index (χ1v) is 7.33. The van der Waals surface area contributed by atoms with Crippen molar-refractivity contribution in [2.24, 2.45) is 9.98 Å². The zero-order valence-electron chi connectivity index (χ0n) is 13.3. The zero-order chi connectivity index (χ0) is 16.3. The van der Waals surface area contributed by atoms with E-state index < -0.39 is 0 Å². The van der Waals surface area contributed by atoms with Crippen LogP contribution in [0.5, 0.6) is 11.8 Å². The molecule has 0 amide bonds. The number of aromatic nitrogens is 2. The lowest BCUT2D eigenvalue weighted by atomic mass is 10.3. The first-order chi connectivity index (χ1) is 11.3. The number of nitrogens with zero attached hydrogens (tertiary/aromatic N) is 4. The van der Waals surface area contributed by atoms with Crippen LogP contribution in [0.2, 0.25) is 0 Å². The number of ether oxygens (including phenoxy) is 2. The maximum absolute atomic E-state index is 5.07. The maximum Gasteiger partial charge on any atom is 0.213 e. The second-order valence-corrected chi connectivity index (χ2v) is 4.63. The highest BCUT2D eigenvalue weighted by Crippen LogP contribution is 2.05. The van der Waals surface area contributed by atoms with E-state index in [1.165, 1.54) is 0 Å². The molecule has 0 aromatic carbocycles. The summed E-state index contributed by atoms with van der Waals surface area (Å²) in [4.78, 5) is 17.2. The second kappa shape index (κ2) is 9.30. The summed E-state index contributed by atoms with van der Waals surface area (Å²) in [6.07, 6.45) is 4.35. The highest BCUT2D eigenvalue weighted by Gasteiger charge is 1.94. The number of pyridine rings is 2. The molecule has 0 radical (unpaired) electrons. The molecule has 0 aliphatic heterocycles. The summed E-state index contributed by atoms with van der Waals surface area (Å²) in [6.45, 7) is 1.39. The molecule has 23 heavy (non-hydrogen) atoms. The molecule has 0 bridgehead atoms. The van der Waals surface area contributed by atoms with E-state index in [0.29, 0.717) is 24.8 Å². The quantitative estimate of drug-likeness (QED) is 0.554. The van der Waals surface area contributed by atoms with Gasteiger partial charge in [0.05, 0.1) is 25.6 Å². The van der Waals surface area contributed by atoms with Gasteiger partial charge in [-0.25, -0.2) is 9.97 Å². The van der Waals surface area contributed by atoms with Gasteiger partial charge in [0, 0.05) is 37.7 Å². The number of rotatable bonds is 8. The lowest BCUT2D eigenvalue weighted by molar-refractivity contribution is 0.397. The highest BCUT2D eigenvalue weighted by atomic mass is 16.5. The molecule has 0 saturated heterocycles. The SMILES string of the molecule is COc1cccc(C=NCCCN=Cc2cccc(OC)n2)n1. The summed E-state index contributed by atoms with van der Waals surface area (Å²) in [7, 11) is 3.19. The van der Waals surface area contributed by atoms with Gasteiger partial charge in [-0.05, 0) is 18.6 Å².